The summed E-state index contributed by atoms with van der Waals surface area (Å²) >= 11 is 0. The van der Waals surface area contributed by atoms with Gasteiger partial charge >= 0.3 is 0 Å². The molecule has 0 amide bonds. The molecule has 3 heterocycles. The largest absolute Gasteiger partial charge is 0.356 e. The molecule has 0 unspecified atom stereocenters. The third-order valence-electron chi connectivity index (χ3n) is 3.93. The molecule has 0 radical (unpaired) electrons. The SMILES string of the molecule is Cc1ncnc(N2CCC(n3cnnc3)CC2)c1C. The molecule has 0 saturated carbocycles. The summed E-state index contributed by atoms with van der Waals surface area (Å²) in [7, 11) is 0. The van der Waals surface area contributed by atoms with Gasteiger partial charge in [-0.05, 0) is 26.7 Å². The maximum atomic E-state index is 4.43. The van der Waals surface area contributed by atoms with Crippen molar-refractivity contribution in [2.24, 2.45) is 0 Å². The van der Waals surface area contributed by atoms with Crippen molar-refractivity contribution in [3.05, 3.63) is 30.2 Å². The van der Waals surface area contributed by atoms with Crippen molar-refractivity contribution in [3.8, 4) is 0 Å². The number of hydrogen-bond donors (Lipinski definition) is 0. The van der Waals surface area contributed by atoms with Gasteiger partial charge in [0, 0.05) is 30.4 Å². The third-order valence-corrected chi connectivity index (χ3v) is 3.93. The number of anilines is 1. The van der Waals surface area contributed by atoms with Crippen molar-refractivity contribution in [1.29, 1.82) is 0 Å². The van der Waals surface area contributed by atoms with E-state index in [1.165, 1.54) is 5.56 Å². The molecule has 1 fully saturated rings. The summed E-state index contributed by atoms with van der Waals surface area (Å²) < 4.78 is 2.11. The number of aryl methyl sites for hydroxylation is 1. The van der Waals surface area contributed by atoms with E-state index in [-0.39, 0.29) is 0 Å². The number of aromatic nitrogens is 5. The third kappa shape index (κ3) is 2.30. The average molecular weight is 258 g/mol. The molecule has 1 saturated heterocycles. The molecule has 100 valence electrons. The van der Waals surface area contributed by atoms with Crippen LogP contribution in [0.4, 0.5) is 5.82 Å². The topological polar surface area (TPSA) is 59.7 Å². The van der Waals surface area contributed by atoms with E-state index in [9.17, 15) is 0 Å². The first-order valence-corrected chi connectivity index (χ1v) is 6.63. The Labute approximate surface area is 112 Å². The van der Waals surface area contributed by atoms with Crippen molar-refractivity contribution in [2.45, 2.75) is 32.7 Å². The summed E-state index contributed by atoms with van der Waals surface area (Å²) in [6, 6.07) is 0.509. The Kier molecular flexibility index (Phi) is 3.15. The van der Waals surface area contributed by atoms with E-state index in [0.29, 0.717) is 6.04 Å². The van der Waals surface area contributed by atoms with Gasteiger partial charge in [-0.2, -0.15) is 0 Å². The van der Waals surface area contributed by atoms with Gasteiger partial charge in [0.25, 0.3) is 0 Å². The Balaban J connectivity index is 1.72. The molecule has 0 aliphatic carbocycles. The van der Waals surface area contributed by atoms with Gasteiger partial charge in [-0.15, -0.1) is 10.2 Å². The van der Waals surface area contributed by atoms with Crippen LogP contribution in [0, 0.1) is 13.8 Å². The molecule has 0 N–H and O–H groups in total. The van der Waals surface area contributed by atoms with E-state index in [0.717, 1.165) is 37.4 Å². The molecule has 2 aromatic rings. The molecule has 0 bridgehead atoms. The molecule has 3 rings (SSSR count). The van der Waals surface area contributed by atoms with Crippen molar-refractivity contribution in [3.63, 3.8) is 0 Å². The van der Waals surface area contributed by atoms with Gasteiger partial charge in [0.15, 0.2) is 0 Å². The first-order valence-electron chi connectivity index (χ1n) is 6.63. The molecule has 0 aromatic carbocycles. The van der Waals surface area contributed by atoms with E-state index in [2.05, 4.69) is 36.6 Å². The molecule has 2 aromatic heterocycles. The van der Waals surface area contributed by atoms with E-state index < -0.39 is 0 Å². The molecule has 6 nitrogen and oxygen atoms in total. The number of rotatable bonds is 2. The molecular weight excluding hydrogens is 240 g/mol. The number of hydrogen-bond acceptors (Lipinski definition) is 5. The van der Waals surface area contributed by atoms with Crippen LogP contribution >= 0.6 is 0 Å². The van der Waals surface area contributed by atoms with E-state index >= 15 is 0 Å². The minimum atomic E-state index is 0.509. The zero-order chi connectivity index (χ0) is 13.2. The van der Waals surface area contributed by atoms with Crippen LogP contribution in [0.2, 0.25) is 0 Å². The number of nitrogens with zero attached hydrogens (tertiary/aromatic N) is 6. The molecule has 6 heteroatoms. The van der Waals surface area contributed by atoms with Crippen molar-refractivity contribution >= 4 is 5.82 Å². The summed E-state index contributed by atoms with van der Waals surface area (Å²) in [6.07, 6.45) is 7.46. The summed E-state index contributed by atoms with van der Waals surface area (Å²) in [5, 5.41) is 7.76. The van der Waals surface area contributed by atoms with Gasteiger partial charge < -0.3 is 9.47 Å². The van der Waals surface area contributed by atoms with Crippen LogP contribution in [-0.2, 0) is 0 Å². The van der Waals surface area contributed by atoms with Gasteiger partial charge in [0.1, 0.15) is 24.8 Å². The number of piperidine rings is 1. The second-order valence-electron chi connectivity index (χ2n) is 5.04. The van der Waals surface area contributed by atoms with Crippen molar-refractivity contribution < 1.29 is 0 Å². The van der Waals surface area contributed by atoms with E-state index in [1.54, 1.807) is 19.0 Å². The lowest BCUT2D eigenvalue weighted by Crippen LogP contribution is -2.35. The molecule has 19 heavy (non-hydrogen) atoms. The Morgan fingerprint density at radius 3 is 2.42 bits per heavy atom. The highest BCUT2D eigenvalue weighted by Crippen LogP contribution is 2.27. The highest BCUT2D eigenvalue weighted by molar-refractivity contribution is 5.47. The monoisotopic (exact) mass is 258 g/mol. The summed E-state index contributed by atoms with van der Waals surface area (Å²) in [6.45, 7) is 6.15. The predicted molar refractivity (Wildman–Crippen MR) is 72.0 cm³/mol. The lowest BCUT2D eigenvalue weighted by molar-refractivity contribution is 0.393. The van der Waals surface area contributed by atoms with Gasteiger partial charge in [0.05, 0.1) is 0 Å². The second kappa shape index (κ2) is 4.95. The second-order valence-corrected chi connectivity index (χ2v) is 5.04. The fourth-order valence-electron chi connectivity index (χ4n) is 2.62. The zero-order valence-electron chi connectivity index (χ0n) is 11.3. The highest BCUT2D eigenvalue weighted by Gasteiger charge is 2.22. The van der Waals surface area contributed by atoms with Gasteiger partial charge in [-0.3, -0.25) is 0 Å². The Bertz CT molecular complexity index is 542. The quantitative estimate of drug-likeness (QED) is 0.817. The van der Waals surface area contributed by atoms with E-state index in [1.807, 2.05) is 6.92 Å². The van der Waals surface area contributed by atoms with Gasteiger partial charge in [-0.1, -0.05) is 0 Å². The molecule has 1 aliphatic heterocycles. The van der Waals surface area contributed by atoms with Crippen LogP contribution in [0.3, 0.4) is 0 Å². The van der Waals surface area contributed by atoms with Crippen LogP contribution in [0.5, 0.6) is 0 Å². The average Bonchev–Trinajstić information content (AvgIpc) is 2.96. The fraction of sp³-hybridized carbons (Fsp3) is 0.538. The van der Waals surface area contributed by atoms with E-state index in [4.69, 9.17) is 0 Å². The summed E-state index contributed by atoms with van der Waals surface area (Å²) in [5.41, 5.74) is 2.25. The molecule has 0 atom stereocenters. The zero-order valence-corrected chi connectivity index (χ0v) is 11.3. The summed E-state index contributed by atoms with van der Waals surface area (Å²) in [5.74, 6) is 1.08. The van der Waals surface area contributed by atoms with Gasteiger partial charge in [-0.25, -0.2) is 9.97 Å². The summed E-state index contributed by atoms with van der Waals surface area (Å²) in [4.78, 5) is 11.0. The van der Waals surface area contributed by atoms with Crippen LogP contribution in [0.1, 0.15) is 30.1 Å². The lowest BCUT2D eigenvalue weighted by Gasteiger charge is -2.33. The standard InChI is InChI=1S/C13H18N6/c1-10-11(2)14-7-15-13(10)18-5-3-12(4-6-18)19-8-16-17-9-19/h7-9,12H,3-6H2,1-2H3. The Hall–Kier alpha value is -1.98. The highest BCUT2D eigenvalue weighted by atomic mass is 15.3. The smallest absolute Gasteiger partial charge is 0.135 e. The van der Waals surface area contributed by atoms with Crippen molar-refractivity contribution in [1.82, 2.24) is 24.7 Å². The maximum Gasteiger partial charge on any atom is 0.135 e. The minimum absolute atomic E-state index is 0.509. The maximum absolute atomic E-state index is 4.43. The Morgan fingerprint density at radius 2 is 1.74 bits per heavy atom. The Morgan fingerprint density at radius 1 is 1.05 bits per heavy atom. The molecule has 1 aliphatic rings. The van der Waals surface area contributed by atoms with Crippen LogP contribution in [-0.4, -0.2) is 37.8 Å². The van der Waals surface area contributed by atoms with Crippen molar-refractivity contribution in [2.75, 3.05) is 18.0 Å². The molecular formula is C13H18N6. The first-order chi connectivity index (χ1) is 9.25. The fourth-order valence-corrected chi connectivity index (χ4v) is 2.62. The van der Waals surface area contributed by atoms with Crippen LogP contribution in [0.25, 0.3) is 0 Å². The minimum Gasteiger partial charge on any atom is -0.356 e. The van der Waals surface area contributed by atoms with Crippen LogP contribution in [0.15, 0.2) is 19.0 Å². The van der Waals surface area contributed by atoms with Crippen LogP contribution < -0.4 is 4.90 Å². The first kappa shape index (κ1) is 12.1. The normalized spacial score (nSPS) is 16.8. The lowest BCUT2D eigenvalue weighted by atomic mass is 10.0. The predicted octanol–water partition coefficient (Wildman–Crippen LogP) is 1.53. The van der Waals surface area contributed by atoms with Gasteiger partial charge in [0.2, 0.25) is 0 Å². The molecule has 0 spiro atoms.